The number of nitrogens with zero attached hydrogens (tertiary/aromatic N) is 3. The fraction of sp³-hybridized carbons (Fsp3) is 0.542. The van der Waals surface area contributed by atoms with Crippen molar-refractivity contribution in [2.75, 3.05) is 52.9 Å². The second-order valence-corrected chi connectivity index (χ2v) is 8.00. The Kier molecular flexibility index (Phi) is 12.7. The molecule has 2 heterocycles. The number of hydrogen-bond donors (Lipinski definition) is 2. The van der Waals surface area contributed by atoms with E-state index >= 15 is 0 Å². The maximum Gasteiger partial charge on any atom is 0.191 e. The second kappa shape index (κ2) is 15.3. The molecule has 2 N–H and O–H groups in total. The summed E-state index contributed by atoms with van der Waals surface area (Å²) in [7, 11) is 2.19. The van der Waals surface area contributed by atoms with Gasteiger partial charge in [-0.2, -0.15) is 0 Å². The summed E-state index contributed by atoms with van der Waals surface area (Å²) in [6.07, 6.45) is 2.58. The zero-order valence-corrected chi connectivity index (χ0v) is 21.7. The fourth-order valence-corrected chi connectivity index (χ4v) is 3.47. The number of aliphatic imine (C=N–C) groups is 1. The first-order chi connectivity index (χ1) is 15.2. The Morgan fingerprint density at radius 1 is 1.06 bits per heavy atom. The molecule has 1 aliphatic rings. The van der Waals surface area contributed by atoms with Gasteiger partial charge in [-0.15, -0.1) is 24.0 Å². The number of hydrogen-bond acceptors (Lipinski definition) is 5. The molecule has 32 heavy (non-hydrogen) atoms. The minimum atomic E-state index is 0. The fourth-order valence-electron chi connectivity index (χ4n) is 3.47. The summed E-state index contributed by atoms with van der Waals surface area (Å²) in [6.45, 7) is 11.2. The Bertz CT molecular complexity index is 759. The topological polar surface area (TPSA) is 65.3 Å². The van der Waals surface area contributed by atoms with Crippen molar-refractivity contribution in [3.05, 3.63) is 59.5 Å². The number of rotatable bonds is 11. The molecule has 2 aromatic rings. The van der Waals surface area contributed by atoms with Crippen LogP contribution in [0.3, 0.4) is 0 Å². The van der Waals surface area contributed by atoms with Crippen molar-refractivity contribution in [1.29, 1.82) is 0 Å². The zero-order valence-electron chi connectivity index (χ0n) is 19.4. The summed E-state index contributed by atoms with van der Waals surface area (Å²) in [5, 5.41) is 6.69. The Morgan fingerprint density at radius 3 is 2.50 bits per heavy atom. The van der Waals surface area contributed by atoms with Gasteiger partial charge in [0.2, 0.25) is 0 Å². The molecule has 0 saturated carbocycles. The van der Waals surface area contributed by atoms with Crippen molar-refractivity contribution >= 4 is 29.9 Å². The molecule has 0 bridgehead atoms. The molecule has 0 amide bonds. The van der Waals surface area contributed by atoms with Crippen LogP contribution in [0, 0.1) is 0 Å². The first kappa shape index (κ1) is 26.6. The van der Waals surface area contributed by atoms with Crippen molar-refractivity contribution < 1.29 is 9.15 Å². The molecule has 1 aromatic heterocycles. The summed E-state index contributed by atoms with van der Waals surface area (Å²) in [5.41, 5.74) is 2.60. The van der Waals surface area contributed by atoms with Gasteiger partial charge in [-0.05, 0) is 43.7 Å². The molecule has 178 valence electrons. The van der Waals surface area contributed by atoms with Gasteiger partial charge in [0, 0.05) is 52.4 Å². The highest BCUT2D eigenvalue weighted by Gasteiger charge is 2.13. The highest BCUT2D eigenvalue weighted by atomic mass is 127. The van der Waals surface area contributed by atoms with Crippen LogP contribution in [0.25, 0.3) is 0 Å². The van der Waals surface area contributed by atoms with Crippen LogP contribution in [-0.4, -0.2) is 68.7 Å². The van der Waals surface area contributed by atoms with Crippen LogP contribution in [-0.2, 0) is 24.4 Å². The third kappa shape index (κ3) is 9.89. The van der Waals surface area contributed by atoms with E-state index in [-0.39, 0.29) is 24.0 Å². The minimum Gasteiger partial charge on any atom is -0.467 e. The third-order valence-corrected chi connectivity index (χ3v) is 5.37. The van der Waals surface area contributed by atoms with Gasteiger partial charge in [0.05, 0.1) is 12.8 Å². The highest BCUT2D eigenvalue weighted by molar-refractivity contribution is 14.0. The lowest BCUT2D eigenvalue weighted by Crippen LogP contribution is -2.43. The molecular formula is C24H38IN5O2. The molecule has 0 atom stereocenters. The molecule has 1 saturated heterocycles. The van der Waals surface area contributed by atoms with Gasteiger partial charge in [0.15, 0.2) is 5.96 Å². The van der Waals surface area contributed by atoms with Gasteiger partial charge in [0.1, 0.15) is 12.4 Å². The van der Waals surface area contributed by atoms with Crippen LogP contribution < -0.4 is 10.6 Å². The lowest BCUT2D eigenvalue weighted by Gasteiger charge is -2.32. The number of piperazine rings is 1. The molecule has 0 aliphatic carbocycles. The molecule has 0 spiro atoms. The van der Waals surface area contributed by atoms with E-state index < -0.39 is 0 Å². The van der Waals surface area contributed by atoms with Crippen LogP contribution in [0.2, 0.25) is 0 Å². The van der Waals surface area contributed by atoms with Crippen LogP contribution in [0.5, 0.6) is 0 Å². The number of benzene rings is 1. The molecule has 0 unspecified atom stereocenters. The standard InChI is InChI=1S/C24H37N5O2.HI/c1-3-25-24(26-11-5-16-30-20-23-6-4-17-31-23)27-18-21-7-9-22(10-8-21)19-29-14-12-28(2)13-15-29;/h4,6-10,17H,3,5,11-16,18-20H2,1-2H3,(H2,25,26,27);1H. The monoisotopic (exact) mass is 555 g/mol. The normalized spacial score (nSPS) is 15.4. The van der Waals surface area contributed by atoms with E-state index in [0.717, 1.165) is 64.0 Å². The highest BCUT2D eigenvalue weighted by Crippen LogP contribution is 2.10. The number of likely N-dealkylation sites (N-methyl/N-ethyl adjacent to an activating group) is 1. The largest absolute Gasteiger partial charge is 0.467 e. The van der Waals surface area contributed by atoms with E-state index in [1.807, 2.05) is 12.1 Å². The maximum atomic E-state index is 5.62. The molecule has 0 radical (unpaired) electrons. The maximum absolute atomic E-state index is 5.62. The van der Waals surface area contributed by atoms with E-state index in [1.54, 1.807) is 6.26 Å². The molecule has 3 rings (SSSR count). The van der Waals surface area contributed by atoms with Crippen LogP contribution in [0.15, 0.2) is 52.1 Å². The lowest BCUT2D eigenvalue weighted by molar-refractivity contribution is 0.105. The van der Waals surface area contributed by atoms with E-state index in [2.05, 4.69) is 58.7 Å². The SMILES string of the molecule is CCNC(=NCc1ccc(CN2CCN(C)CC2)cc1)NCCCOCc1ccco1.I. The van der Waals surface area contributed by atoms with E-state index in [1.165, 1.54) is 11.1 Å². The molecule has 8 heteroatoms. The Balaban J connectivity index is 0.00000363. The molecule has 1 aromatic carbocycles. The second-order valence-electron chi connectivity index (χ2n) is 8.00. The van der Waals surface area contributed by atoms with Gasteiger partial charge < -0.3 is 24.7 Å². The summed E-state index contributed by atoms with van der Waals surface area (Å²) < 4.78 is 10.9. The number of furan rings is 1. The number of halogens is 1. The predicted octanol–water partition coefficient (Wildman–Crippen LogP) is 3.31. The summed E-state index contributed by atoms with van der Waals surface area (Å²) in [6, 6.07) is 12.7. The van der Waals surface area contributed by atoms with E-state index in [9.17, 15) is 0 Å². The lowest BCUT2D eigenvalue weighted by atomic mass is 10.1. The number of ether oxygens (including phenoxy) is 1. The van der Waals surface area contributed by atoms with Gasteiger partial charge in [0.25, 0.3) is 0 Å². The van der Waals surface area contributed by atoms with Gasteiger partial charge in [-0.3, -0.25) is 4.90 Å². The first-order valence-electron chi connectivity index (χ1n) is 11.3. The van der Waals surface area contributed by atoms with E-state index in [4.69, 9.17) is 14.1 Å². The van der Waals surface area contributed by atoms with Crippen molar-refractivity contribution in [2.24, 2.45) is 4.99 Å². The number of guanidine groups is 1. The van der Waals surface area contributed by atoms with Gasteiger partial charge >= 0.3 is 0 Å². The molecule has 7 nitrogen and oxygen atoms in total. The van der Waals surface area contributed by atoms with Crippen molar-refractivity contribution in [2.45, 2.75) is 33.0 Å². The third-order valence-electron chi connectivity index (χ3n) is 5.37. The van der Waals surface area contributed by atoms with Crippen molar-refractivity contribution in [1.82, 2.24) is 20.4 Å². The van der Waals surface area contributed by atoms with Gasteiger partial charge in [-0.25, -0.2) is 4.99 Å². The smallest absolute Gasteiger partial charge is 0.191 e. The summed E-state index contributed by atoms with van der Waals surface area (Å²) >= 11 is 0. The quantitative estimate of drug-likeness (QED) is 0.192. The first-order valence-corrected chi connectivity index (χ1v) is 11.3. The predicted molar refractivity (Wildman–Crippen MR) is 140 cm³/mol. The van der Waals surface area contributed by atoms with Crippen LogP contribution in [0.1, 0.15) is 30.2 Å². The van der Waals surface area contributed by atoms with Crippen LogP contribution >= 0.6 is 24.0 Å². The van der Waals surface area contributed by atoms with Crippen LogP contribution in [0.4, 0.5) is 0 Å². The molecule has 1 aliphatic heterocycles. The summed E-state index contributed by atoms with van der Waals surface area (Å²) in [4.78, 5) is 9.64. The van der Waals surface area contributed by atoms with Crippen molar-refractivity contribution in [3.8, 4) is 0 Å². The average Bonchev–Trinajstić information content (AvgIpc) is 3.30. The average molecular weight is 556 g/mol. The van der Waals surface area contributed by atoms with Gasteiger partial charge in [-0.1, -0.05) is 24.3 Å². The Hall–Kier alpha value is -1.62. The zero-order chi connectivity index (χ0) is 21.7. The minimum absolute atomic E-state index is 0. The Morgan fingerprint density at radius 2 is 1.81 bits per heavy atom. The molecular weight excluding hydrogens is 517 g/mol. The summed E-state index contributed by atoms with van der Waals surface area (Å²) in [5.74, 6) is 1.70. The Labute approximate surface area is 209 Å². The van der Waals surface area contributed by atoms with E-state index in [0.29, 0.717) is 19.8 Å². The number of nitrogens with one attached hydrogen (secondary N) is 2. The molecule has 1 fully saturated rings. The van der Waals surface area contributed by atoms with Crippen molar-refractivity contribution in [3.63, 3.8) is 0 Å².